The lowest BCUT2D eigenvalue weighted by Crippen LogP contribution is -2.19. The van der Waals surface area contributed by atoms with Gasteiger partial charge in [0, 0.05) is 12.0 Å². The van der Waals surface area contributed by atoms with Gasteiger partial charge in [-0.15, -0.1) is 10.2 Å². The molecule has 0 aliphatic carbocycles. The summed E-state index contributed by atoms with van der Waals surface area (Å²) in [4.78, 5) is 0. The number of benzene rings is 1. The molecule has 1 aromatic carbocycles. The largest absolute Gasteiger partial charge is 0.417 e. The number of fused-ring (bicyclic) bond motifs is 1. The van der Waals surface area contributed by atoms with Crippen molar-refractivity contribution in [2.45, 2.75) is 31.7 Å². The Morgan fingerprint density at radius 3 is 2.70 bits per heavy atom. The van der Waals surface area contributed by atoms with Crippen molar-refractivity contribution in [3.05, 3.63) is 35.7 Å². The second-order valence-electron chi connectivity index (χ2n) is 4.73. The zero-order valence-electron chi connectivity index (χ0n) is 10.4. The second-order valence-corrected chi connectivity index (χ2v) is 4.73. The Morgan fingerprint density at radius 1 is 1.20 bits per heavy atom. The molecule has 0 radical (unpaired) electrons. The fourth-order valence-electron chi connectivity index (χ4n) is 2.49. The van der Waals surface area contributed by atoms with E-state index >= 15 is 0 Å². The van der Waals surface area contributed by atoms with E-state index in [1.54, 1.807) is 0 Å². The van der Waals surface area contributed by atoms with Gasteiger partial charge in [-0.05, 0) is 18.9 Å². The molecule has 1 atom stereocenters. The molecule has 1 unspecified atom stereocenters. The molecule has 1 N–H and O–H groups in total. The summed E-state index contributed by atoms with van der Waals surface area (Å²) >= 11 is 0. The summed E-state index contributed by atoms with van der Waals surface area (Å²) < 4.78 is 40.5. The van der Waals surface area contributed by atoms with Crippen LogP contribution >= 0.6 is 0 Å². The maximum absolute atomic E-state index is 13.0. The zero-order valence-corrected chi connectivity index (χ0v) is 10.4. The minimum Gasteiger partial charge on any atom is -0.373 e. The van der Waals surface area contributed by atoms with Gasteiger partial charge in [-0.1, -0.05) is 18.2 Å². The molecule has 4 nitrogen and oxygen atoms in total. The lowest BCUT2D eigenvalue weighted by Gasteiger charge is -2.22. The van der Waals surface area contributed by atoms with Crippen LogP contribution in [0.1, 0.15) is 30.5 Å². The Bertz CT molecular complexity index is 636. The molecule has 7 heteroatoms. The topological polar surface area (TPSA) is 50.9 Å². The predicted molar refractivity (Wildman–Crippen MR) is 64.7 cm³/mol. The Morgan fingerprint density at radius 2 is 1.95 bits per heavy atom. The van der Waals surface area contributed by atoms with Crippen molar-refractivity contribution in [3.63, 3.8) is 0 Å². The van der Waals surface area contributed by atoms with Crippen molar-refractivity contribution in [2.24, 2.45) is 0 Å². The van der Waals surface area contributed by atoms with Gasteiger partial charge >= 0.3 is 6.18 Å². The average Bonchev–Trinajstić information content (AvgIpc) is 2.83. The van der Waals surface area contributed by atoms with Gasteiger partial charge < -0.3 is 5.11 Å². The standard InChI is InChI=1S/C13H12F3N3O/c14-13(15,16)9-5-2-1-4-8(9)12-18-17-10-6-3-7-11(20)19(10)12/h1-2,4-5,11,20H,3,6-7H2. The molecule has 2 aromatic rings. The number of nitrogens with zero attached hydrogens (tertiary/aromatic N) is 3. The maximum Gasteiger partial charge on any atom is 0.417 e. The normalized spacial score (nSPS) is 18.9. The van der Waals surface area contributed by atoms with Gasteiger partial charge in [0.15, 0.2) is 5.82 Å². The van der Waals surface area contributed by atoms with E-state index < -0.39 is 18.0 Å². The van der Waals surface area contributed by atoms with E-state index in [0.29, 0.717) is 18.7 Å². The highest BCUT2D eigenvalue weighted by molar-refractivity contribution is 5.61. The van der Waals surface area contributed by atoms with Gasteiger partial charge in [-0.2, -0.15) is 13.2 Å². The second kappa shape index (κ2) is 4.59. The van der Waals surface area contributed by atoms with Gasteiger partial charge in [0.05, 0.1) is 5.56 Å². The van der Waals surface area contributed by atoms with E-state index in [4.69, 9.17) is 0 Å². The molecule has 0 spiro atoms. The third-order valence-corrected chi connectivity index (χ3v) is 3.40. The van der Waals surface area contributed by atoms with E-state index in [9.17, 15) is 18.3 Å². The van der Waals surface area contributed by atoms with Gasteiger partial charge in [0.1, 0.15) is 12.1 Å². The molecule has 3 rings (SSSR count). The third kappa shape index (κ3) is 2.07. The molecular formula is C13H12F3N3O. The zero-order chi connectivity index (χ0) is 14.3. The van der Waals surface area contributed by atoms with Crippen LogP contribution in [-0.2, 0) is 12.6 Å². The molecule has 1 aliphatic rings. The van der Waals surface area contributed by atoms with Crippen molar-refractivity contribution in [1.82, 2.24) is 14.8 Å². The fourth-order valence-corrected chi connectivity index (χ4v) is 2.49. The molecule has 106 valence electrons. The quantitative estimate of drug-likeness (QED) is 0.875. The highest BCUT2D eigenvalue weighted by Crippen LogP contribution is 2.38. The minimum absolute atomic E-state index is 0.0558. The van der Waals surface area contributed by atoms with Crippen LogP contribution in [0.25, 0.3) is 11.4 Å². The number of halogens is 3. The number of alkyl halides is 3. The van der Waals surface area contributed by atoms with Crippen molar-refractivity contribution in [3.8, 4) is 11.4 Å². The molecule has 0 fully saturated rings. The van der Waals surface area contributed by atoms with Gasteiger partial charge in [-0.25, -0.2) is 0 Å². The summed E-state index contributed by atoms with van der Waals surface area (Å²) in [5.74, 6) is 0.593. The van der Waals surface area contributed by atoms with Crippen LogP contribution in [0.15, 0.2) is 24.3 Å². The molecule has 1 aliphatic heterocycles. The van der Waals surface area contributed by atoms with Crippen molar-refractivity contribution >= 4 is 0 Å². The first-order valence-corrected chi connectivity index (χ1v) is 6.27. The number of aliphatic hydroxyl groups excluding tert-OH is 1. The number of aryl methyl sites for hydroxylation is 1. The van der Waals surface area contributed by atoms with Gasteiger partial charge in [0.25, 0.3) is 0 Å². The fraction of sp³-hybridized carbons (Fsp3) is 0.385. The summed E-state index contributed by atoms with van der Waals surface area (Å²) in [5.41, 5.74) is -0.826. The number of aliphatic hydroxyl groups is 1. The number of hydrogen-bond donors (Lipinski definition) is 1. The predicted octanol–water partition coefficient (Wildman–Crippen LogP) is 2.79. The van der Waals surface area contributed by atoms with E-state index in [0.717, 1.165) is 12.5 Å². The van der Waals surface area contributed by atoms with Crippen LogP contribution in [0, 0.1) is 0 Å². The average molecular weight is 283 g/mol. The summed E-state index contributed by atoms with van der Waals surface area (Å²) in [6, 6.07) is 5.20. The Labute approximate surface area is 112 Å². The lowest BCUT2D eigenvalue weighted by molar-refractivity contribution is -0.137. The number of hydrogen-bond acceptors (Lipinski definition) is 3. The Kier molecular flexibility index (Phi) is 3.01. The van der Waals surface area contributed by atoms with Crippen molar-refractivity contribution < 1.29 is 18.3 Å². The Balaban J connectivity index is 2.18. The third-order valence-electron chi connectivity index (χ3n) is 3.40. The van der Waals surface area contributed by atoms with Crippen LogP contribution in [0.3, 0.4) is 0 Å². The molecule has 2 heterocycles. The molecule has 0 saturated carbocycles. The first kappa shape index (κ1) is 13.1. The SMILES string of the molecule is OC1CCCc2nnc(-c3ccccc3C(F)(F)F)n21. The molecule has 1 aromatic heterocycles. The van der Waals surface area contributed by atoms with Crippen LogP contribution in [0.2, 0.25) is 0 Å². The summed E-state index contributed by atoms with van der Waals surface area (Å²) in [6.07, 6.45) is -3.49. The molecule has 0 saturated heterocycles. The lowest BCUT2D eigenvalue weighted by atomic mass is 10.1. The van der Waals surface area contributed by atoms with E-state index in [-0.39, 0.29) is 11.4 Å². The minimum atomic E-state index is -4.47. The van der Waals surface area contributed by atoms with Crippen LogP contribution in [-0.4, -0.2) is 19.9 Å². The van der Waals surface area contributed by atoms with Crippen molar-refractivity contribution in [1.29, 1.82) is 0 Å². The highest BCUT2D eigenvalue weighted by Gasteiger charge is 2.35. The van der Waals surface area contributed by atoms with Gasteiger partial charge in [0.2, 0.25) is 0 Å². The highest BCUT2D eigenvalue weighted by atomic mass is 19.4. The summed E-state index contributed by atoms with van der Waals surface area (Å²) in [6.45, 7) is 0. The number of aromatic nitrogens is 3. The maximum atomic E-state index is 13.0. The van der Waals surface area contributed by atoms with E-state index in [1.165, 1.54) is 22.8 Å². The van der Waals surface area contributed by atoms with E-state index in [1.807, 2.05) is 0 Å². The first-order valence-electron chi connectivity index (χ1n) is 6.27. The molecular weight excluding hydrogens is 271 g/mol. The molecule has 0 amide bonds. The summed E-state index contributed by atoms with van der Waals surface area (Å²) in [7, 11) is 0. The molecule has 20 heavy (non-hydrogen) atoms. The smallest absolute Gasteiger partial charge is 0.373 e. The summed E-state index contributed by atoms with van der Waals surface area (Å²) in [5, 5.41) is 17.7. The van der Waals surface area contributed by atoms with Gasteiger partial charge in [-0.3, -0.25) is 4.57 Å². The first-order chi connectivity index (χ1) is 9.48. The van der Waals surface area contributed by atoms with Crippen LogP contribution in [0.5, 0.6) is 0 Å². The van der Waals surface area contributed by atoms with E-state index in [2.05, 4.69) is 10.2 Å². The monoisotopic (exact) mass is 283 g/mol. The number of rotatable bonds is 1. The Hall–Kier alpha value is -1.89. The van der Waals surface area contributed by atoms with Crippen molar-refractivity contribution in [2.75, 3.05) is 0 Å². The molecule has 0 bridgehead atoms. The van der Waals surface area contributed by atoms with Crippen LogP contribution in [0.4, 0.5) is 13.2 Å². The van der Waals surface area contributed by atoms with Crippen LogP contribution < -0.4 is 0 Å².